The normalized spacial score (nSPS) is 11.8. The number of rotatable bonds is 8. The molecule has 1 heterocycles. The average Bonchev–Trinajstić information content (AvgIpc) is 3.15. The second kappa shape index (κ2) is 9.52. The van der Waals surface area contributed by atoms with E-state index in [1.165, 1.54) is 11.8 Å². The topological polar surface area (TPSA) is 76.9 Å². The van der Waals surface area contributed by atoms with Gasteiger partial charge in [-0.05, 0) is 32.9 Å². The molecule has 0 fully saturated rings. The fourth-order valence-corrected chi connectivity index (χ4v) is 3.90. The molecule has 0 aliphatic rings. The third kappa shape index (κ3) is 5.12. The van der Waals surface area contributed by atoms with Gasteiger partial charge in [0.15, 0.2) is 16.8 Å². The van der Waals surface area contributed by atoms with Crippen molar-refractivity contribution >= 4 is 23.5 Å². The quantitative estimate of drug-likeness (QED) is 0.449. The van der Waals surface area contributed by atoms with Crippen LogP contribution in [0.15, 0.2) is 59.8 Å². The first-order valence-electron chi connectivity index (χ1n) is 9.51. The number of nitrogens with zero attached hydrogens (tertiary/aromatic N) is 3. The lowest BCUT2D eigenvalue weighted by Crippen LogP contribution is -2.28. The lowest BCUT2D eigenvalue weighted by atomic mass is 10.1. The third-order valence-electron chi connectivity index (χ3n) is 4.50. The van der Waals surface area contributed by atoms with Crippen LogP contribution >= 0.6 is 11.8 Å². The van der Waals surface area contributed by atoms with Gasteiger partial charge in [0.05, 0.1) is 11.8 Å². The molecule has 0 aliphatic carbocycles. The molecule has 3 aromatic rings. The summed E-state index contributed by atoms with van der Waals surface area (Å²) in [6.45, 7) is 6.47. The number of aromatic nitrogens is 3. The van der Waals surface area contributed by atoms with Gasteiger partial charge in [0.25, 0.3) is 5.91 Å². The van der Waals surface area contributed by atoms with Crippen molar-refractivity contribution in [2.24, 2.45) is 0 Å². The summed E-state index contributed by atoms with van der Waals surface area (Å²) < 4.78 is 1.93. The smallest absolute Gasteiger partial charge is 0.251 e. The number of amides is 1. The monoisotopic (exact) mass is 408 g/mol. The number of benzene rings is 2. The number of aryl methyl sites for hydroxylation is 1. The number of ketones is 1. The van der Waals surface area contributed by atoms with Crippen LogP contribution in [0, 0.1) is 6.92 Å². The van der Waals surface area contributed by atoms with E-state index in [4.69, 9.17) is 0 Å². The highest BCUT2D eigenvalue weighted by Crippen LogP contribution is 2.22. The van der Waals surface area contributed by atoms with Crippen molar-refractivity contribution in [1.29, 1.82) is 0 Å². The highest BCUT2D eigenvalue weighted by atomic mass is 32.2. The first-order valence-corrected chi connectivity index (χ1v) is 10.5. The zero-order chi connectivity index (χ0) is 20.8. The van der Waals surface area contributed by atoms with E-state index in [2.05, 4.69) is 15.5 Å². The molecule has 6 nitrogen and oxygen atoms in total. The molecule has 0 aliphatic heterocycles. The molecule has 0 saturated heterocycles. The Kier molecular flexibility index (Phi) is 6.82. The molecule has 0 bridgehead atoms. The fourth-order valence-electron chi connectivity index (χ4n) is 2.99. The van der Waals surface area contributed by atoms with Crippen LogP contribution in [0.25, 0.3) is 0 Å². The molecule has 1 N–H and O–H groups in total. The predicted octanol–water partition coefficient (Wildman–Crippen LogP) is 4.07. The maximum absolute atomic E-state index is 12.5. The Morgan fingerprint density at radius 3 is 2.48 bits per heavy atom. The first-order chi connectivity index (χ1) is 14.0. The molecule has 1 unspecified atom stereocenters. The van der Waals surface area contributed by atoms with Gasteiger partial charge >= 0.3 is 0 Å². The van der Waals surface area contributed by atoms with Crippen molar-refractivity contribution < 1.29 is 9.59 Å². The van der Waals surface area contributed by atoms with E-state index in [1.807, 2.05) is 73.9 Å². The molecule has 3 rings (SSSR count). The van der Waals surface area contributed by atoms with Crippen LogP contribution < -0.4 is 5.32 Å². The number of hydrogen-bond donors (Lipinski definition) is 1. The van der Waals surface area contributed by atoms with Gasteiger partial charge in [-0.25, -0.2) is 0 Å². The Bertz CT molecular complexity index is 1000. The minimum Gasteiger partial charge on any atom is -0.342 e. The van der Waals surface area contributed by atoms with Gasteiger partial charge in [-0.15, -0.1) is 10.2 Å². The highest BCUT2D eigenvalue weighted by molar-refractivity contribution is 7.99. The van der Waals surface area contributed by atoms with Crippen molar-refractivity contribution in [3.63, 3.8) is 0 Å². The summed E-state index contributed by atoms with van der Waals surface area (Å²) in [6.07, 6.45) is 0. The molecular weight excluding hydrogens is 384 g/mol. The van der Waals surface area contributed by atoms with E-state index in [-0.39, 0.29) is 23.5 Å². The van der Waals surface area contributed by atoms with Gasteiger partial charge in [0, 0.05) is 17.7 Å². The average molecular weight is 409 g/mol. The van der Waals surface area contributed by atoms with Crippen LogP contribution in [0.4, 0.5) is 0 Å². The van der Waals surface area contributed by atoms with Gasteiger partial charge in [0.1, 0.15) is 0 Å². The van der Waals surface area contributed by atoms with Crippen molar-refractivity contribution in [3.05, 3.63) is 77.1 Å². The molecule has 1 aromatic heterocycles. The Labute approximate surface area is 174 Å². The lowest BCUT2D eigenvalue weighted by Gasteiger charge is -2.15. The van der Waals surface area contributed by atoms with Crippen molar-refractivity contribution in [1.82, 2.24) is 20.1 Å². The molecule has 7 heteroatoms. The van der Waals surface area contributed by atoms with Crippen LogP contribution in [0.1, 0.15) is 52.0 Å². The van der Waals surface area contributed by atoms with Crippen molar-refractivity contribution in [3.8, 4) is 0 Å². The lowest BCUT2D eigenvalue weighted by molar-refractivity contribution is 0.0936. The second-order valence-electron chi connectivity index (χ2n) is 6.73. The van der Waals surface area contributed by atoms with Gasteiger partial charge in [-0.1, -0.05) is 59.8 Å². The van der Waals surface area contributed by atoms with Gasteiger partial charge in [0.2, 0.25) is 0 Å². The van der Waals surface area contributed by atoms with E-state index in [0.717, 1.165) is 5.56 Å². The molecule has 0 radical (unpaired) electrons. The Balaban J connectivity index is 1.68. The van der Waals surface area contributed by atoms with Gasteiger partial charge in [-0.3, -0.25) is 9.59 Å². The second-order valence-corrected chi connectivity index (χ2v) is 7.67. The maximum Gasteiger partial charge on any atom is 0.251 e. The molecule has 0 spiro atoms. The van der Waals surface area contributed by atoms with E-state index in [1.54, 1.807) is 6.07 Å². The largest absolute Gasteiger partial charge is 0.342 e. The van der Waals surface area contributed by atoms with Crippen molar-refractivity contribution in [2.45, 2.75) is 38.5 Å². The van der Waals surface area contributed by atoms with Gasteiger partial charge in [-0.2, -0.15) is 0 Å². The zero-order valence-corrected chi connectivity index (χ0v) is 17.6. The zero-order valence-electron chi connectivity index (χ0n) is 16.8. The number of Topliss-reactive ketones (excluding diaryl/α,β-unsaturated/α-hetero) is 1. The van der Waals surface area contributed by atoms with E-state index >= 15 is 0 Å². The summed E-state index contributed by atoms with van der Waals surface area (Å²) in [5.41, 5.74) is 2.33. The number of hydrogen-bond acceptors (Lipinski definition) is 5. The minimum absolute atomic E-state index is 0.0450. The maximum atomic E-state index is 12.5. The van der Waals surface area contributed by atoms with E-state index in [0.29, 0.717) is 28.7 Å². The summed E-state index contributed by atoms with van der Waals surface area (Å²) in [5.74, 6) is 0.846. The summed E-state index contributed by atoms with van der Waals surface area (Å²) in [7, 11) is 0. The van der Waals surface area contributed by atoms with Crippen LogP contribution in [-0.2, 0) is 6.54 Å². The SMILES string of the molecule is CCn1c(SCC(=O)c2ccccc2)nnc1C(C)NC(=O)c1cccc(C)c1. The van der Waals surface area contributed by atoms with Crippen LogP contribution in [-0.4, -0.2) is 32.2 Å². The van der Waals surface area contributed by atoms with Gasteiger partial charge < -0.3 is 9.88 Å². The fraction of sp³-hybridized carbons (Fsp3) is 0.273. The van der Waals surface area contributed by atoms with E-state index in [9.17, 15) is 9.59 Å². The standard InChI is InChI=1S/C22H24N4O2S/c1-4-26-20(16(3)23-21(28)18-12-8-9-15(2)13-18)24-25-22(26)29-14-19(27)17-10-6-5-7-11-17/h5-13,16H,4,14H2,1-3H3,(H,23,28). The Morgan fingerprint density at radius 2 is 1.79 bits per heavy atom. The van der Waals surface area contributed by atoms with E-state index < -0.39 is 0 Å². The van der Waals surface area contributed by atoms with Crippen LogP contribution in [0.2, 0.25) is 0 Å². The number of carbonyl (C=O) groups excluding carboxylic acids is 2. The summed E-state index contributed by atoms with van der Waals surface area (Å²) >= 11 is 1.36. The predicted molar refractivity (Wildman–Crippen MR) is 114 cm³/mol. The molecule has 1 atom stereocenters. The molecule has 150 valence electrons. The molecule has 2 aromatic carbocycles. The number of thioether (sulfide) groups is 1. The summed E-state index contributed by atoms with van der Waals surface area (Å²) in [6, 6.07) is 16.3. The Morgan fingerprint density at radius 1 is 1.07 bits per heavy atom. The number of nitrogens with one attached hydrogen (secondary N) is 1. The summed E-state index contributed by atoms with van der Waals surface area (Å²) in [5, 5.41) is 12.2. The number of carbonyl (C=O) groups is 2. The molecule has 1 amide bonds. The molecule has 29 heavy (non-hydrogen) atoms. The van der Waals surface area contributed by atoms with Crippen molar-refractivity contribution in [2.75, 3.05) is 5.75 Å². The van der Waals surface area contributed by atoms with Crippen LogP contribution in [0.3, 0.4) is 0 Å². The molecule has 0 saturated carbocycles. The summed E-state index contributed by atoms with van der Waals surface area (Å²) in [4.78, 5) is 24.9. The Hall–Kier alpha value is -2.93. The first kappa shape index (κ1) is 20.8. The minimum atomic E-state index is -0.311. The molecular formula is C22H24N4O2S. The van der Waals surface area contributed by atoms with Crippen LogP contribution in [0.5, 0.6) is 0 Å². The highest BCUT2D eigenvalue weighted by Gasteiger charge is 2.20. The third-order valence-corrected chi connectivity index (χ3v) is 5.47.